The molecule has 0 saturated heterocycles. The molecule has 0 heterocycles. The highest BCUT2D eigenvalue weighted by Gasteiger charge is 2.09. The van der Waals surface area contributed by atoms with E-state index in [0.717, 1.165) is 5.56 Å². The molecular formula is C16H15NO4. The number of ether oxygens (including phenoxy) is 1. The minimum atomic E-state index is -1.02. The van der Waals surface area contributed by atoms with Crippen molar-refractivity contribution in [1.29, 1.82) is 0 Å². The van der Waals surface area contributed by atoms with E-state index in [9.17, 15) is 9.59 Å². The van der Waals surface area contributed by atoms with Crippen molar-refractivity contribution in [1.82, 2.24) is 0 Å². The zero-order valence-electron chi connectivity index (χ0n) is 11.7. The first kappa shape index (κ1) is 14.6. The van der Waals surface area contributed by atoms with Crippen molar-refractivity contribution >= 4 is 17.6 Å². The molecule has 0 aliphatic heterocycles. The van der Waals surface area contributed by atoms with E-state index in [4.69, 9.17) is 9.84 Å². The number of carboxylic acid groups (broad SMARTS) is 1. The molecule has 2 rings (SSSR count). The van der Waals surface area contributed by atoms with Crippen LogP contribution in [0.2, 0.25) is 0 Å². The van der Waals surface area contributed by atoms with Gasteiger partial charge in [-0.05, 0) is 41.5 Å². The molecule has 0 aromatic heterocycles. The number of rotatable bonds is 4. The molecule has 21 heavy (non-hydrogen) atoms. The maximum atomic E-state index is 11.2. The van der Waals surface area contributed by atoms with Gasteiger partial charge in [0.05, 0.1) is 12.7 Å². The summed E-state index contributed by atoms with van der Waals surface area (Å²) in [5.41, 5.74) is 2.30. The lowest BCUT2D eigenvalue weighted by Gasteiger charge is -2.09. The number of carboxylic acids is 1. The first-order valence-electron chi connectivity index (χ1n) is 6.30. The van der Waals surface area contributed by atoms with Crippen LogP contribution >= 0.6 is 0 Å². The summed E-state index contributed by atoms with van der Waals surface area (Å²) < 4.78 is 5.13. The molecule has 0 atom stereocenters. The SMILES string of the molecule is COc1cc(C(=O)O)cc(-c2cccc(NC(C)=O)c2)c1. The average molecular weight is 285 g/mol. The molecule has 5 heteroatoms. The van der Waals surface area contributed by atoms with Gasteiger partial charge in [0.25, 0.3) is 0 Å². The summed E-state index contributed by atoms with van der Waals surface area (Å²) in [4.78, 5) is 22.2. The molecule has 2 N–H and O–H groups in total. The first-order chi connectivity index (χ1) is 9.99. The summed E-state index contributed by atoms with van der Waals surface area (Å²) in [6.45, 7) is 1.43. The van der Waals surface area contributed by atoms with Gasteiger partial charge in [-0.3, -0.25) is 4.79 Å². The topological polar surface area (TPSA) is 75.6 Å². The van der Waals surface area contributed by atoms with Crippen LogP contribution in [0.25, 0.3) is 11.1 Å². The normalized spacial score (nSPS) is 10.0. The number of nitrogens with one attached hydrogen (secondary N) is 1. The van der Waals surface area contributed by atoms with Crippen LogP contribution in [-0.4, -0.2) is 24.1 Å². The Morgan fingerprint density at radius 3 is 2.48 bits per heavy atom. The minimum absolute atomic E-state index is 0.147. The molecule has 0 aliphatic rings. The Bertz CT molecular complexity index is 694. The third-order valence-electron chi connectivity index (χ3n) is 2.91. The van der Waals surface area contributed by atoms with Gasteiger partial charge >= 0.3 is 5.97 Å². The molecule has 108 valence electrons. The Labute approximate surface area is 122 Å². The van der Waals surface area contributed by atoms with Gasteiger partial charge in [-0.1, -0.05) is 12.1 Å². The average Bonchev–Trinajstić information content (AvgIpc) is 2.46. The second-order valence-corrected chi connectivity index (χ2v) is 4.52. The summed E-state index contributed by atoms with van der Waals surface area (Å²) in [6.07, 6.45) is 0. The number of carbonyl (C=O) groups is 2. The zero-order chi connectivity index (χ0) is 15.4. The highest BCUT2D eigenvalue weighted by Crippen LogP contribution is 2.28. The fourth-order valence-corrected chi connectivity index (χ4v) is 1.99. The quantitative estimate of drug-likeness (QED) is 0.905. The standard InChI is InChI=1S/C16H15NO4/c1-10(18)17-14-5-3-4-11(7-14)12-6-13(16(19)20)9-15(8-12)21-2/h3-9H,1-2H3,(H,17,18)(H,19,20). The summed E-state index contributed by atoms with van der Waals surface area (Å²) in [6, 6.07) is 12.0. The van der Waals surface area contributed by atoms with Crippen molar-refractivity contribution in [3.63, 3.8) is 0 Å². The van der Waals surface area contributed by atoms with E-state index in [1.807, 2.05) is 6.07 Å². The van der Waals surface area contributed by atoms with Crippen LogP contribution in [0.5, 0.6) is 5.75 Å². The van der Waals surface area contributed by atoms with E-state index in [0.29, 0.717) is 17.0 Å². The third-order valence-corrected chi connectivity index (χ3v) is 2.91. The highest BCUT2D eigenvalue weighted by atomic mass is 16.5. The molecule has 0 aliphatic carbocycles. The molecule has 0 saturated carbocycles. The van der Waals surface area contributed by atoms with Gasteiger partial charge < -0.3 is 15.2 Å². The van der Waals surface area contributed by atoms with E-state index in [2.05, 4.69) is 5.32 Å². The lowest BCUT2D eigenvalue weighted by atomic mass is 10.0. The van der Waals surface area contributed by atoms with Gasteiger partial charge in [0, 0.05) is 12.6 Å². The second kappa shape index (κ2) is 6.09. The third kappa shape index (κ3) is 3.60. The van der Waals surface area contributed by atoms with Gasteiger partial charge in [-0.2, -0.15) is 0 Å². The highest BCUT2D eigenvalue weighted by molar-refractivity contribution is 5.91. The molecule has 0 fully saturated rings. The number of aromatic carboxylic acids is 1. The Hall–Kier alpha value is -2.82. The lowest BCUT2D eigenvalue weighted by molar-refractivity contribution is -0.114. The second-order valence-electron chi connectivity index (χ2n) is 4.52. The number of benzene rings is 2. The summed E-state index contributed by atoms with van der Waals surface area (Å²) >= 11 is 0. The van der Waals surface area contributed by atoms with Crippen LogP contribution in [0.3, 0.4) is 0 Å². The Morgan fingerprint density at radius 1 is 1.10 bits per heavy atom. The number of hydrogen-bond donors (Lipinski definition) is 2. The van der Waals surface area contributed by atoms with Crippen LogP contribution in [0.15, 0.2) is 42.5 Å². The Kier molecular flexibility index (Phi) is 4.23. The molecule has 0 spiro atoms. The van der Waals surface area contributed by atoms with E-state index < -0.39 is 5.97 Å². The zero-order valence-corrected chi connectivity index (χ0v) is 11.7. The number of carbonyl (C=O) groups excluding carboxylic acids is 1. The van der Waals surface area contributed by atoms with Crippen LogP contribution in [0, 0.1) is 0 Å². The van der Waals surface area contributed by atoms with E-state index in [1.54, 1.807) is 30.3 Å². The van der Waals surface area contributed by atoms with Gasteiger partial charge in [0.1, 0.15) is 5.75 Å². The van der Waals surface area contributed by atoms with Crippen molar-refractivity contribution in [3.05, 3.63) is 48.0 Å². The van der Waals surface area contributed by atoms with Gasteiger partial charge in [0.2, 0.25) is 5.91 Å². The number of anilines is 1. The molecule has 2 aromatic carbocycles. The van der Waals surface area contributed by atoms with Crippen molar-refractivity contribution in [2.75, 3.05) is 12.4 Å². The monoisotopic (exact) mass is 285 g/mol. The van der Waals surface area contributed by atoms with Crippen molar-refractivity contribution < 1.29 is 19.4 Å². The molecular weight excluding hydrogens is 270 g/mol. The molecule has 0 unspecified atom stereocenters. The van der Waals surface area contributed by atoms with Gasteiger partial charge in [-0.25, -0.2) is 4.79 Å². The van der Waals surface area contributed by atoms with Crippen LogP contribution in [0.4, 0.5) is 5.69 Å². The van der Waals surface area contributed by atoms with Gasteiger partial charge in [-0.15, -0.1) is 0 Å². The number of amides is 1. The van der Waals surface area contributed by atoms with Crippen molar-refractivity contribution in [2.45, 2.75) is 6.92 Å². The van der Waals surface area contributed by atoms with E-state index in [1.165, 1.54) is 20.1 Å². The Balaban J connectivity index is 2.47. The lowest BCUT2D eigenvalue weighted by Crippen LogP contribution is -2.05. The number of hydrogen-bond acceptors (Lipinski definition) is 3. The predicted molar refractivity (Wildman–Crippen MR) is 79.7 cm³/mol. The minimum Gasteiger partial charge on any atom is -0.497 e. The fraction of sp³-hybridized carbons (Fsp3) is 0.125. The molecule has 2 aromatic rings. The molecule has 0 radical (unpaired) electrons. The Morgan fingerprint density at radius 2 is 1.86 bits per heavy atom. The van der Waals surface area contributed by atoms with Crippen LogP contribution < -0.4 is 10.1 Å². The molecule has 5 nitrogen and oxygen atoms in total. The maximum absolute atomic E-state index is 11.2. The fourth-order valence-electron chi connectivity index (χ4n) is 1.99. The van der Waals surface area contributed by atoms with Crippen molar-refractivity contribution in [2.24, 2.45) is 0 Å². The van der Waals surface area contributed by atoms with Crippen LogP contribution in [-0.2, 0) is 4.79 Å². The number of methoxy groups -OCH3 is 1. The molecule has 0 bridgehead atoms. The smallest absolute Gasteiger partial charge is 0.335 e. The maximum Gasteiger partial charge on any atom is 0.335 e. The van der Waals surface area contributed by atoms with E-state index in [-0.39, 0.29) is 11.5 Å². The van der Waals surface area contributed by atoms with Crippen LogP contribution in [0.1, 0.15) is 17.3 Å². The summed E-state index contributed by atoms with van der Waals surface area (Å²) in [5.74, 6) is -0.716. The van der Waals surface area contributed by atoms with Gasteiger partial charge in [0.15, 0.2) is 0 Å². The predicted octanol–water partition coefficient (Wildman–Crippen LogP) is 3.02. The first-order valence-corrected chi connectivity index (χ1v) is 6.30. The van der Waals surface area contributed by atoms with Crippen molar-refractivity contribution in [3.8, 4) is 16.9 Å². The summed E-state index contributed by atoms with van der Waals surface area (Å²) in [7, 11) is 1.48. The molecule has 1 amide bonds. The largest absolute Gasteiger partial charge is 0.497 e. The summed E-state index contributed by atoms with van der Waals surface area (Å²) in [5, 5.41) is 11.8. The van der Waals surface area contributed by atoms with E-state index >= 15 is 0 Å².